The molecule has 36 heavy (non-hydrogen) atoms. The van der Waals surface area contributed by atoms with E-state index in [-0.39, 0.29) is 5.60 Å². The van der Waals surface area contributed by atoms with Gasteiger partial charge >= 0.3 is 11.9 Å². The van der Waals surface area contributed by atoms with Gasteiger partial charge in [0.25, 0.3) is 0 Å². The zero-order chi connectivity index (χ0) is 27.0. The number of nitrogens with one attached hydrogen (secondary N) is 1. The van der Waals surface area contributed by atoms with Crippen molar-refractivity contribution in [2.45, 2.75) is 132 Å². The number of carboxylic acid groups (broad SMARTS) is 1. The highest BCUT2D eigenvalue weighted by Gasteiger charge is 2.34. The summed E-state index contributed by atoms with van der Waals surface area (Å²) in [7, 11) is 0. The van der Waals surface area contributed by atoms with Crippen molar-refractivity contribution >= 4 is 17.6 Å². The van der Waals surface area contributed by atoms with Gasteiger partial charge in [0.15, 0.2) is 0 Å². The number of hydrogen-bond donors (Lipinski definition) is 2. The number of fused-ring (bicyclic) bond motifs is 1. The van der Waals surface area contributed by atoms with Gasteiger partial charge in [-0.1, -0.05) is 72.6 Å². The molecule has 0 aromatic heterocycles. The number of aliphatic carboxylic acids is 1. The molecule has 2 rings (SSSR count). The lowest BCUT2D eigenvalue weighted by molar-refractivity contribution is -0.147. The highest BCUT2D eigenvalue weighted by molar-refractivity contribution is 6.36. The first-order chi connectivity index (χ1) is 16.8. The number of rotatable bonds is 13. The van der Waals surface area contributed by atoms with Crippen LogP contribution in [0, 0.1) is 38.5 Å². The number of ether oxygens (including phenoxy) is 1. The van der Waals surface area contributed by atoms with Gasteiger partial charge in [0.2, 0.25) is 0 Å². The van der Waals surface area contributed by atoms with Crippen LogP contribution in [-0.2, 0) is 16.0 Å². The van der Waals surface area contributed by atoms with Crippen LogP contribution < -0.4 is 10.1 Å². The number of carbonyl (C=O) groups is 2. The summed E-state index contributed by atoms with van der Waals surface area (Å²) < 4.78 is 6.64. The Bertz CT molecular complexity index is 907. The summed E-state index contributed by atoms with van der Waals surface area (Å²) in [5.74, 6) is 0.862. The number of amides is 1. The van der Waals surface area contributed by atoms with Crippen molar-refractivity contribution in [1.29, 1.82) is 0 Å². The minimum atomic E-state index is -1.47. The molecule has 204 valence electrons. The molecule has 0 radical (unpaired) electrons. The summed E-state index contributed by atoms with van der Waals surface area (Å²) in [6.45, 7) is 17.5. The largest absolute Gasteiger partial charge is 0.487 e. The minimum Gasteiger partial charge on any atom is -0.487 e. The van der Waals surface area contributed by atoms with Crippen molar-refractivity contribution in [2.24, 2.45) is 17.8 Å². The quantitative estimate of drug-likeness (QED) is 0.267. The molecule has 0 saturated carbocycles. The molecule has 1 aliphatic heterocycles. The zero-order valence-electron chi connectivity index (χ0n) is 24.2. The SMILES string of the molecule is Cc1c(C)c2c(c(C)c1NC(=O)C(=O)O)CC[C@@](C)(CCC[C@H](C)CCC[C@H](C)CCCC(C)C)O2. The molecule has 0 spiro atoms. The maximum atomic E-state index is 11.8. The number of benzene rings is 1. The Morgan fingerprint density at radius 3 is 2.00 bits per heavy atom. The van der Waals surface area contributed by atoms with Gasteiger partial charge in [0.05, 0.1) is 0 Å². The molecule has 1 heterocycles. The lowest BCUT2D eigenvalue weighted by Crippen LogP contribution is -2.37. The first-order valence-corrected chi connectivity index (χ1v) is 14.2. The highest BCUT2D eigenvalue weighted by Crippen LogP contribution is 2.44. The van der Waals surface area contributed by atoms with Gasteiger partial charge in [-0.25, -0.2) is 4.79 Å². The molecular weight excluding hydrogens is 450 g/mol. The first-order valence-electron chi connectivity index (χ1n) is 14.2. The molecular formula is C31H51NO4. The van der Waals surface area contributed by atoms with E-state index in [1.807, 2.05) is 20.8 Å². The fourth-order valence-electron chi connectivity index (χ4n) is 5.65. The Morgan fingerprint density at radius 2 is 1.44 bits per heavy atom. The Kier molecular flexibility index (Phi) is 11.3. The van der Waals surface area contributed by atoms with E-state index in [0.717, 1.165) is 65.0 Å². The molecule has 1 aromatic carbocycles. The second-order valence-electron chi connectivity index (χ2n) is 12.2. The average Bonchev–Trinajstić information content (AvgIpc) is 2.79. The number of carboxylic acids is 1. The predicted octanol–water partition coefficient (Wildman–Crippen LogP) is 8.16. The monoisotopic (exact) mass is 501 g/mol. The Labute approximate surface area is 219 Å². The van der Waals surface area contributed by atoms with Gasteiger partial charge in [-0.15, -0.1) is 0 Å². The number of hydrogen-bond acceptors (Lipinski definition) is 3. The van der Waals surface area contributed by atoms with Crippen molar-refractivity contribution in [2.75, 3.05) is 5.32 Å². The zero-order valence-corrected chi connectivity index (χ0v) is 24.2. The van der Waals surface area contributed by atoms with E-state index in [2.05, 4.69) is 39.9 Å². The molecule has 0 saturated heterocycles. The fraction of sp³-hybridized carbons (Fsp3) is 0.742. The maximum absolute atomic E-state index is 11.8. The van der Waals surface area contributed by atoms with Gasteiger partial charge < -0.3 is 15.2 Å². The van der Waals surface area contributed by atoms with E-state index in [1.165, 1.54) is 51.4 Å². The van der Waals surface area contributed by atoms with Crippen molar-refractivity contribution in [3.63, 3.8) is 0 Å². The lowest BCUT2D eigenvalue weighted by atomic mass is 9.83. The summed E-state index contributed by atoms with van der Waals surface area (Å²) in [6.07, 6.45) is 13.4. The molecule has 0 aliphatic carbocycles. The van der Waals surface area contributed by atoms with Crippen LogP contribution >= 0.6 is 0 Å². The summed E-state index contributed by atoms with van der Waals surface area (Å²) in [6, 6.07) is 0. The van der Waals surface area contributed by atoms with Gasteiger partial charge in [-0.3, -0.25) is 4.79 Å². The van der Waals surface area contributed by atoms with Crippen molar-refractivity contribution < 1.29 is 19.4 Å². The second-order valence-corrected chi connectivity index (χ2v) is 12.2. The molecule has 0 bridgehead atoms. The Morgan fingerprint density at radius 1 is 0.889 bits per heavy atom. The minimum absolute atomic E-state index is 0.187. The van der Waals surface area contributed by atoms with Crippen molar-refractivity contribution in [1.82, 2.24) is 0 Å². The Hall–Kier alpha value is -2.04. The molecule has 5 heteroatoms. The van der Waals surface area contributed by atoms with Gasteiger partial charge in [0, 0.05) is 5.69 Å². The molecule has 0 unspecified atom stereocenters. The third-order valence-corrected chi connectivity index (χ3v) is 8.34. The number of anilines is 1. The van der Waals surface area contributed by atoms with Gasteiger partial charge in [0.1, 0.15) is 11.4 Å². The molecule has 1 amide bonds. The van der Waals surface area contributed by atoms with Crippen LogP contribution in [-0.4, -0.2) is 22.6 Å². The molecule has 3 atom stereocenters. The Balaban J connectivity index is 1.87. The van der Waals surface area contributed by atoms with Crippen LogP contribution in [0.25, 0.3) is 0 Å². The standard InChI is InChI=1S/C31H51NO4/c1-20(2)12-9-13-21(3)14-10-15-22(4)16-11-18-31(8)19-17-26-25(7)27(32-29(33)30(34)35)23(5)24(6)28(26)36-31/h20-22H,9-19H2,1-8H3,(H,32,33)(H,34,35)/t21-,22-,31-/m1/s1. The van der Waals surface area contributed by atoms with Crippen molar-refractivity contribution in [3.8, 4) is 5.75 Å². The fourth-order valence-corrected chi connectivity index (χ4v) is 5.65. The van der Waals surface area contributed by atoms with Crippen LogP contribution in [0.4, 0.5) is 5.69 Å². The second kappa shape index (κ2) is 13.5. The van der Waals surface area contributed by atoms with E-state index >= 15 is 0 Å². The average molecular weight is 502 g/mol. The summed E-state index contributed by atoms with van der Waals surface area (Å²) in [4.78, 5) is 22.8. The maximum Gasteiger partial charge on any atom is 0.394 e. The van der Waals surface area contributed by atoms with Crippen LogP contribution in [0.1, 0.15) is 121 Å². The predicted molar refractivity (Wildman–Crippen MR) is 149 cm³/mol. The van der Waals surface area contributed by atoms with Crippen molar-refractivity contribution in [3.05, 3.63) is 22.3 Å². The number of carbonyl (C=O) groups excluding carboxylic acids is 1. The normalized spacial score (nSPS) is 18.9. The van der Waals surface area contributed by atoms with Crippen LogP contribution in [0.5, 0.6) is 5.75 Å². The van der Waals surface area contributed by atoms with Gasteiger partial charge in [-0.2, -0.15) is 0 Å². The molecule has 2 N–H and O–H groups in total. The van der Waals surface area contributed by atoms with E-state index in [1.54, 1.807) is 0 Å². The molecule has 1 aromatic rings. The third kappa shape index (κ3) is 8.52. The summed E-state index contributed by atoms with van der Waals surface area (Å²) in [5.41, 5.74) is 4.28. The van der Waals surface area contributed by atoms with E-state index in [9.17, 15) is 9.59 Å². The van der Waals surface area contributed by atoms with E-state index in [0.29, 0.717) is 5.69 Å². The van der Waals surface area contributed by atoms with E-state index in [4.69, 9.17) is 9.84 Å². The van der Waals surface area contributed by atoms with Crippen LogP contribution in [0.15, 0.2) is 0 Å². The van der Waals surface area contributed by atoms with Crippen LogP contribution in [0.2, 0.25) is 0 Å². The summed E-state index contributed by atoms with van der Waals surface area (Å²) >= 11 is 0. The smallest absolute Gasteiger partial charge is 0.394 e. The molecule has 1 aliphatic rings. The van der Waals surface area contributed by atoms with Crippen LogP contribution in [0.3, 0.4) is 0 Å². The summed E-state index contributed by atoms with van der Waals surface area (Å²) in [5, 5.41) is 11.6. The molecule has 5 nitrogen and oxygen atoms in total. The third-order valence-electron chi connectivity index (χ3n) is 8.34. The lowest BCUT2D eigenvalue weighted by Gasteiger charge is -2.38. The molecule has 0 fully saturated rings. The first kappa shape index (κ1) is 30.2. The van der Waals surface area contributed by atoms with E-state index < -0.39 is 11.9 Å². The topological polar surface area (TPSA) is 75.6 Å². The highest BCUT2D eigenvalue weighted by atomic mass is 16.5. The van der Waals surface area contributed by atoms with Gasteiger partial charge in [-0.05, 0) is 93.4 Å².